The molecule has 0 spiro atoms. The largest absolute Gasteiger partial charge is 0.388 e. The van der Waals surface area contributed by atoms with Crippen molar-refractivity contribution < 1.29 is 5.11 Å². The Morgan fingerprint density at radius 2 is 1.88 bits per heavy atom. The SMILES string of the molecule is CSCC(C)(O)CNCc1cc(Cl)cc(Cl)c1. The normalized spacial score (nSPS) is 14.6. The van der Waals surface area contributed by atoms with Gasteiger partial charge >= 0.3 is 0 Å². The Labute approximate surface area is 117 Å². The summed E-state index contributed by atoms with van der Waals surface area (Å²) in [6.45, 7) is 3.00. The fourth-order valence-corrected chi connectivity index (χ4v) is 2.85. The molecular formula is C12H17Cl2NOS. The number of nitrogens with one attached hydrogen (secondary N) is 1. The highest BCUT2D eigenvalue weighted by molar-refractivity contribution is 7.98. The molecule has 1 atom stereocenters. The molecule has 17 heavy (non-hydrogen) atoms. The molecule has 0 bridgehead atoms. The van der Waals surface area contributed by atoms with E-state index in [0.717, 1.165) is 5.56 Å². The van der Waals surface area contributed by atoms with Gasteiger partial charge in [-0.25, -0.2) is 0 Å². The molecule has 0 radical (unpaired) electrons. The first kappa shape index (κ1) is 15.1. The quantitative estimate of drug-likeness (QED) is 0.845. The molecule has 0 aliphatic carbocycles. The van der Waals surface area contributed by atoms with Gasteiger partial charge in [0, 0.05) is 28.9 Å². The summed E-state index contributed by atoms with van der Waals surface area (Å²) in [6, 6.07) is 5.43. The molecule has 0 fully saturated rings. The summed E-state index contributed by atoms with van der Waals surface area (Å²) in [5.74, 6) is 0.705. The fourth-order valence-electron chi connectivity index (χ4n) is 1.55. The maximum absolute atomic E-state index is 9.97. The lowest BCUT2D eigenvalue weighted by Gasteiger charge is -2.22. The molecule has 1 aromatic rings. The van der Waals surface area contributed by atoms with E-state index in [1.54, 1.807) is 17.8 Å². The average molecular weight is 294 g/mol. The minimum atomic E-state index is -0.693. The van der Waals surface area contributed by atoms with Crippen LogP contribution in [0, 0.1) is 0 Å². The lowest BCUT2D eigenvalue weighted by Crippen LogP contribution is -2.39. The van der Waals surface area contributed by atoms with Crippen LogP contribution in [0.15, 0.2) is 18.2 Å². The van der Waals surface area contributed by atoms with E-state index in [4.69, 9.17) is 23.2 Å². The summed E-state index contributed by atoms with van der Waals surface area (Å²) in [4.78, 5) is 0. The van der Waals surface area contributed by atoms with Crippen LogP contribution in [0.4, 0.5) is 0 Å². The second kappa shape index (κ2) is 6.86. The first-order valence-corrected chi connectivity index (χ1v) is 7.45. The number of rotatable bonds is 6. The Morgan fingerprint density at radius 3 is 2.41 bits per heavy atom. The molecule has 0 saturated carbocycles. The predicted octanol–water partition coefficient (Wildman–Crippen LogP) is 3.20. The minimum absolute atomic E-state index is 0.540. The number of hydrogen-bond donors (Lipinski definition) is 2. The number of hydrogen-bond acceptors (Lipinski definition) is 3. The average Bonchev–Trinajstić information content (AvgIpc) is 2.15. The lowest BCUT2D eigenvalue weighted by molar-refractivity contribution is 0.0846. The van der Waals surface area contributed by atoms with E-state index in [9.17, 15) is 5.11 Å². The van der Waals surface area contributed by atoms with Crippen LogP contribution in [-0.2, 0) is 6.54 Å². The van der Waals surface area contributed by atoms with E-state index in [1.165, 1.54) is 0 Å². The van der Waals surface area contributed by atoms with Gasteiger partial charge in [0.05, 0.1) is 5.60 Å². The van der Waals surface area contributed by atoms with Gasteiger partial charge in [-0.15, -0.1) is 0 Å². The lowest BCUT2D eigenvalue weighted by atomic mass is 10.1. The highest BCUT2D eigenvalue weighted by Crippen LogP contribution is 2.19. The molecule has 0 heterocycles. The first-order valence-electron chi connectivity index (χ1n) is 5.30. The molecule has 5 heteroatoms. The van der Waals surface area contributed by atoms with Gasteiger partial charge in [-0.1, -0.05) is 23.2 Å². The van der Waals surface area contributed by atoms with Crippen LogP contribution in [0.1, 0.15) is 12.5 Å². The van der Waals surface area contributed by atoms with E-state index in [2.05, 4.69) is 5.32 Å². The van der Waals surface area contributed by atoms with Crippen LogP contribution in [-0.4, -0.2) is 29.3 Å². The number of halogens is 2. The third-order valence-electron chi connectivity index (χ3n) is 2.21. The number of aliphatic hydroxyl groups is 1. The van der Waals surface area contributed by atoms with Crippen molar-refractivity contribution >= 4 is 35.0 Å². The zero-order valence-corrected chi connectivity index (χ0v) is 12.3. The Hall–Kier alpha value is 0.0700. The highest BCUT2D eigenvalue weighted by atomic mass is 35.5. The highest BCUT2D eigenvalue weighted by Gasteiger charge is 2.18. The predicted molar refractivity (Wildman–Crippen MR) is 77.2 cm³/mol. The summed E-state index contributed by atoms with van der Waals surface area (Å²) in [6.07, 6.45) is 1.98. The standard InChI is InChI=1S/C12H17Cl2NOS/c1-12(16,8-17-2)7-15-6-9-3-10(13)5-11(14)4-9/h3-5,15-16H,6-8H2,1-2H3. The molecule has 2 N–H and O–H groups in total. The molecular weight excluding hydrogens is 277 g/mol. The third-order valence-corrected chi connectivity index (χ3v) is 3.56. The summed E-state index contributed by atoms with van der Waals surface area (Å²) < 4.78 is 0. The molecule has 96 valence electrons. The Bertz CT molecular complexity index is 351. The van der Waals surface area contributed by atoms with Gasteiger partial charge in [0.25, 0.3) is 0 Å². The third kappa shape index (κ3) is 5.98. The maximum Gasteiger partial charge on any atom is 0.0833 e. The van der Waals surface area contributed by atoms with E-state index in [-0.39, 0.29) is 0 Å². The monoisotopic (exact) mass is 293 g/mol. The van der Waals surface area contributed by atoms with Gasteiger partial charge in [-0.2, -0.15) is 11.8 Å². The second-order valence-corrected chi connectivity index (χ2v) is 6.05. The van der Waals surface area contributed by atoms with E-state index >= 15 is 0 Å². The van der Waals surface area contributed by atoms with Crippen molar-refractivity contribution in [3.8, 4) is 0 Å². The van der Waals surface area contributed by atoms with Gasteiger partial charge < -0.3 is 10.4 Å². The van der Waals surface area contributed by atoms with Gasteiger partial charge in [-0.05, 0) is 36.9 Å². The molecule has 0 saturated heterocycles. The molecule has 1 aromatic carbocycles. The molecule has 1 unspecified atom stereocenters. The molecule has 2 nitrogen and oxygen atoms in total. The van der Waals surface area contributed by atoms with E-state index in [1.807, 2.05) is 25.3 Å². The summed E-state index contributed by atoms with van der Waals surface area (Å²) in [7, 11) is 0. The van der Waals surface area contributed by atoms with Crippen molar-refractivity contribution in [3.05, 3.63) is 33.8 Å². The molecule has 0 amide bonds. The molecule has 0 aliphatic rings. The van der Waals surface area contributed by atoms with Crippen molar-refractivity contribution in [1.29, 1.82) is 0 Å². The Morgan fingerprint density at radius 1 is 1.29 bits per heavy atom. The topological polar surface area (TPSA) is 32.3 Å². The van der Waals surface area contributed by atoms with Crippen molar-refractivity contribution in [3.63, 3.8) is 0 Å². The summed E-state index contributed by atoms with van der Waals surface area (Å²) >= 11 is 13.4. The van der Waals surface area contributed by atoms with Crippen molar-refractivity contribution in [1.82, 2.24) is 5.32 Å². The maximum atomic E-state index is 9.97. The van der Waals surface area contributed by atoms with Crippen LogP contribution in [0.2, 0.25) is 10.0 Å². The molecule has 0 aliphatic heterocycles. The van der Waals surface area contributed by atoms with Crippen molar-refractivity contribution in [2.75, 3.05) is 18.6 Å². The first-order chi connectivity index (χ1) is 7.93. The number of benzene rings is 1. The van der Waals surface area contributed by atoms with Crippen LogP contribution < -0.4 is 5.32 Å². The zero-order valence-electron chi connectivity index (χ0n) is 9.96. The summed E-state index contributed by atoms with van der Waals surface area (Å²) in [5, 5.41) is 14.4. The van der Waals surface area contributed by atoms with Gasteiger partial charge in [0.2, 0.25) is 0 Å². The zero-order chi connectivity index (χ0) is 12.9. The van der Waals surface area contributed by atoms with Crippen LogP contribution in [0.3, 0.4) is 0 Å². The van der Waals surface area contributed by atoms with Crippen molar-refractivity contribution in [2.45, 2.75) is 19.1 Å². The van der Waals surface area contributed by atoms with Gasteiger partial charge in [-0.3, -0.25) is 0 Å². The van der Waals surface area contributed by atoms with Crippen molar-refractivity contribution in [2.24, 2.45) is 0 Å². The van der Waals surface area contributed by atoms with Crippen LogP contribution in [0.25, 0.3) is 0 Å². The smallest absolute Gasteiger partial charge is 0.0833 e. The Balaban J connectivity index is 2.45. The van der Waals surface area contributed by atoms with Crippen LogP contribution >= 0.6 is 35.0 Å². The van der Waals surface area contributed by atoms with E-state index < -0.39 is 5.60 Å². The van der Waals surface area contributed by atoms with E-state index in [0.29, 0.717) is 28.9 Å². The number of thioether (sulfide) groups is 1. The Kier molecular flexibility index (Phi) is 6.10. The minimum Gasteiger partial charge on any atom is -0.388 e. The summed E-state index contributed by atoms with van der Waals surface area (Å²) in [5.41, 5.74) is 0.323. The fraction of sp³-hybridized carbons (Fsp3) is 0.500. The van der Waals surface area contributed by atoms with Gasteiger partial charge in [0.15, 0.2) is 0 Å². The molecule has 1 rings (SSSR count). The second-order valence-electron chi connectivity index (χ2n) is 4.31. The molecule has 0 aromatic heterocycles. The van der Waals surface area contributed by atoms with Gasteiger partial charge in [0.1, 0.15) is 0 Å². The van der Waals surface area contributed by atoms with Crippen LogP contribution in [0.5, 0.6) is 0 Å².